The number of phenols is 1. The van der Waals surface area contributed by atoms with E-state index < -0.39 is 0 Å². The lowest BCUT2D eigenvalue weighted by Gasteiger charge is -2.34. The molecule has 0 atom stereocenters. The summed E-state index contributed by atoms with van der Waals surface area (Å²) in [7, 11) is 0. The molecule has 3 N–H and O–H groups in total. The lowest BCUT2D eigenvalue weighted by molar-refractivity contribution is 0.0667. The number of piperidine rings is 1. The van der Waals surface area contributed by atoms with Crippen LogP contribution in [0, 0.1) is 11.8 Å². The number of benzene rings is 1. The van der Waals surface area contributed by atoms with Crippen LogP contribution in [0.3, 0.4) is 0 Å². The summed E-state index contributed by atoms with van der Waals surface area (Å²) in [6.45, 7) is 6.07. The predicted molar refractivity (Wildman–Crippen MR) is 76.0 cm³/mol. The van der Waals surface area contributed by atoms with E-state index in [1.807, 2.05) is 4.90 Å². The lowest BCUT2D eigenvalue weighted by atomic mass is 9.86. The van der Waals surface area contributed by atoms with E-state index in [0.29, 0.717) is 23.1 Å². The molecule has 1 amide bonds. The van der Waals surface area contributed by atoms with E-state index in [-0.39, 0.29) is 11.7 Å². The molecule has 1 aromatic rings. The van der Waals surface area contributed by atoms with Crippen LogP contribution < -0.4 is 5.73 Å². The first-order valence-corrected chi connectivity index (χ1v) is 6.87. The Hall–Kier alpha value is -1.71. The van der Waals surface area contributed by atoms with Crippen LogP contribution in [-0.4, -0.2) is 29.0 Å². The highest BCUT2D eigenvalue weighted by Gasteiger charge is 2.25. The first-order chi connectivity index (χ1) is 8.99. The monoisotopic (exact) mass is 262 g/mol. The molecule has 0 aromatic heterocycles. The zero-order chi connectivity index (χ0) is 14.0. The van der Waals surface area contributed by atoms with Gasteiger partial charge in [0.25, 0.3) is 5.91 Å². The number of hydrogen-bond acceptors (Lipinski definition) is 3. The number of likely N-dealkylation sites (tertiary alicyclic amines) is 1. The number of hydrogen-bond donors (Lipinski definition) is 2. The van der Waals surface area contributed by atoms with Gasteiger partial charge in [0.05, 0.1) is 5.69 Å². The third-order valence-electron chi connectivity index (χ3n) is 4.05. The van der Waals surface area contributed by atoms with E-state index in [1.54, 1.807) is 12.1 Å². The maximum Gasteiger partial charge on any atom is 0.253 e. The van der Waals surface area contributed by atoms with Crippen molar-refractivity contribution >= 4 is 11.6 Å². The highest BCUT2D eigenvalue weighted by Crippen LogP contribution is 2.26. The molecule has 19 heavy (non-hydrogen) atoms. The largest absolute Gasteiger partial charge is 0.506 e. The van der Waals surface area contributed by atoms with Gasteiger partial charge in [-0.25, -0.2) is 0 Å². The van der Waals surface area contributed by atoms with Crippen molar-refractivity contribution in [3.63, 3.8) is 0 Å². The molecule has 4 heteroatoms. The number of aromatic hydroxyl groups is 1. The fraction of sp³-hybridized carbons (Fsp3) is 0.533. The number of nitrogen functional groups attached to an aromatic ring is 1. The van der Waals surface area contributed by atoms with Crippen LogP contribution in [0.25, 0.3) is 0 Å². The standard InChI is InChI=1S/C15H22N2O2/c1-10(2)11-5-7-17(8-6-11)15(19)12-3-4-13(16)14(18)9-12/h3-4,9-11,18H,5-8,16H2,1-2H3. The minimum atomic E-state index is -0.0251. The van der Waals surface area contributed by atoms with Crippen molar-refractivity contribution in [2.75, 3.05) is 18.8 Å². The minimum absolute atomic E-state index is 0.0162. The second-order valence-corrected chi connectivity index (χ2v) is 5.65. The van der Waals surface area contributed by atoms with Crippen LogP contribution >= 0.6 is 0 Å². The molecular weight excluding hydrogens is 240 g/mol. The summed E-state index contributed by atoms with van der Waals surface area (Å²) in [5, 5.41) is 9.57. The maximum absolute atomic E-state index is 12.3. The average molecular weight is 262 g/mol. The molecule has 0 bridgehead atoms. The van der Waals surface area contributed by atoms with Gasteiger partial charge in [0, 0.05) is 18.7 Å². The zero-order valence-corrected chi connectivity index (χ0v) is 11.6. The third-order valence-corrected chi connectivity index (χ3v) is 4.05. The number of phenolic OH excluding ortho intramolecular Hbond substituents is 1. The minimum Gasteiger partial charge on any atom is -0.506 e. The van der Waals surface area contributed by atoms with Crippen molar-refractivity contribution in [3.8, 4) is 5.75 Å². The number of amides is 1. The van der Waals surface area contributed by atoms with E-state index in [0.717, 1.165) is 25.9 Å². The quantitative estimate of drug-likeness (QED) is 0.635. The van der Waals surface area contributed by atoms with Crippen LogP contribution in [0.2, 0.25) is 0 Å². The molecule has 0 unspecified atom stereocenters. The van der Waals surface area contributed by atoms with Gasteiger partial charge in [0.1, 0.15) is 5.75 Å². The Morgan fingerprint density at radius 1 is 1.37 bits per heavy atom. The van der Waals surface area contributed by atoms with Crippen LogP contribution in [-0.2, 0) is 0 Å². The van der Waals surface area contributed by atoms with Crippen LogP contribution in [0.1, 0.15) is 37.0 Å². The number of carbonyl (C=O) groups excluding carboxylic acids is 1. The van der Waals surface area contributed by atoms with E-state index in [2.05, 4.69) is 13.8 Å². The Labute approximate surface area is 114 Å². The molecule has 0 saturated carbocycles. The van der Waals surface area contributed by atoms with Gasteiger partial charge in [0.15, 0.2) is 0 Å². The van der Waals surface area contributed by atoms with Gasteiger partial charge >= 0.3 is 0 Å². The lowest BCUT2D eigenvalue weighted by Crippen LogP contribution is -2.39. The Balaban J connectivity index is 2.03. The topological polar surface area (TPSA) is 66.6 Å². The van der Waals surface area contributed by atoms with E-state index in [4.69, 9.17) is 5.73 Å². The molecule has 4 nitrogen and oxygen atoms in total. The molecule has 2 rings (SSSR count). The summed E-state index contributed by atoms with van der Waals surface area (Å²) < 4.78 is 0. The normalized spacial score (nSPS) is 16.9. The van der Waals surface area contributed by atoms with Crippen LogP contribution in [0.4, 0.5) is 5.69 Å². The van der Waals surface area contributed by atoms with Gasteiger partial charge < -0.3 is 15.7 Å². The first kappa shape index (κ1) is 13.7. The third kappa shape index (κ3) is 3.00. The molecule has 0 aliphatic carbocycles. The van der Waals surface area contributed by atoms with E-state index >= 15 is 0 Å². The number of anilines is 1. The second-order valence-electron chi connectivity index (χ2n) is 5.65. The molecule has 1 aliphatic rings. The smallest absolute Gasteiger partial charge is 0.253 e. The van der Waals surface area contributed by atoms with Gasteiger partial charge in [0.2, 0.25) is 0 Å². The highest BCUT2D eigenvalue weighted by atomic mass is 16.3. The maximum atomic E-state index is 12.3. The molecule has 1 saturated heterocycles. The number of carbonyl (C=O) groups is 1. The number of nitrogens with two attached hydrogens (primary N) is 1. The Kier molecular flexibility index (Phi) is 3.98. The summed E-state index contributed by atoms with van der Waals surface area (Å²) in [6.07, 6.45) is 2.12. The van der Waals surface area contributed by atoms with Gasteiger partial charge in [-0.3, -0.25) is 4.79 Å². The van der Waals surface area contributed by atoms with Crippen molar-refractivity contribution in [1.82, 2.24) is 4.90 Å². The van der Waals surface area contributed by atoms with Gasteiger partial charge in [-0.05, 0) is 42.9 Å². The van der Waals surface area contributed by atoms with Crippen molar-refractivity contribution in [2.45, 2.75) is 26.7 Å². The van der Waals surface area contributed by atoms with E-state index in [1.165, 1.54) is 6.07 Å². The average Bonchev–Trinajstić information content (AvgIpc) is 2.41. The molecule has 1 aromatic carbocycles. The fourth-order valence-electron chi connectivity index (χ4n) is 2.63. The van der Waals surface area contributed by atoms with Crippen molar-refractivity contribution in [2.24, 2.45) is 11.8 Å². The first-order valence-electron chi connectivity index (χ1n) is 6.87. The molecule has 1 heterocycles. The summed E-state index contributed by atoms with van der Waals surface area (Å²) >= 11 is 0. The summed E-state index contributed by atoms with van der Waals surface area (Å²) in [6, 6.07) is 4.70. The fourth-order valence-corrected chi connectivity index (χ4v) is 2.63. The Bertz CT molecular complexity index is 463. The molecule has 0 spiro atoms. The molecule has 1 aliphatic heterocycles. The predicted octanol–water partition coefficient (Wildman–Crippen LogP) is 2.48. The second kappa shape index (κ2) is 5.51. The Morgan fingerprint density at radius 3 is 2.53 bits per heavy atom. The van der Waals surface area contributed by atoms with E-state index in [9.17, 15) is 9.90 Å². The highest BCUT2D eigenvalue weighted by molar-refractivity contribution is 5.95. The van der Waals surface area contributed by atoms with Crippen LogP contribution in [0.15, 0.2) is 18.2 Å². The van der Waals surface area contributed by atoms with Crippen LogP contribution in [0.5, 0.6) is 5.75 Å². The number of rotatable bonds is 2. The molecule has 0 radical (unpaired) electrons. The van der Waals surface area contributed by atoms with Crippen molar-refractivity contribution < 1.29 is 9.90 Å². The molecular formula is C15H22N2O2. The Morgan fingerprint density at radius 2 is 2.00 bits per heavy atom. The zero-order valence-electron chi connectivity index (χ0n) is 11.6. The summed E-state index contributed by atoms with van der Waals surface area (Å²) in [5.74, 6) is 1.35. The van der Waals surface area contributed by atoms with Crippen molar-refractivity contribution in [3.05, 3.63) is 23.8 Å². The van der Waals surface area contributed by atoms with Crippen molar-refractivity contribution in [1.29, 1.82) is 0 Å². The molecule has 104 valence electrons. The summed E-state index contributed by atoms with van der Waals surface area (Å²) in [5.41, 5.74) is 6.35. The SMILES string of the molecule is CC(C)C1CCN(C(=O)c2ccc(N)c(O)c2)CC1. The van der Waals surface area contributed by atoms with Gasteiger partial charge in [-0.1, -0.05) is 13.8 Å². The van der Waals surface area contributed by atoms with Gasteiger partial charge in [-0.15, -0.1) is 0 Å². The molecule has 1 fully saturated rings. The summed E-state index contributed by atoms with van der Waals surface area (Å²) in [4.78, 5) is 14.2. The van der Waals surface area contributed by atoms with Gasteiger partial charge in [-0.2, -0.15) is 0 Å². The number of nitrogens with zero attached hydrogens (tertiary/aromatic N) is 1.